The van der Waals surface area contributed by atoms with Gasteiger partial charge in [0.25, 0.3) is 5.56 Å². The smallest absolute Gasteiger partial charge is 0.332 e. The van der Waals surface area contributed by atoms with Gasteiger partial charge in [-0.1, -0.05) is 24.3 Å². The van der Waals surface area contributed by atoms with Gasteiger partial charge in [-0.2, -0.15) is 0 Å². The Morgan fingerprint density at radius 2 is 1.81 bits per heavy atom. The van der Waals surface area contributed by atoms with Crippen molar-refractivity contribution >= 4 is 27.8 Å². The molecule has 0 amide bonds. The second kappa shape index (κ2) is 6.97. The van der Waals surface area contributed by atoms with Crippen molar-refractivity contribution < 1.29 is 9.90 Å². The van der Waals surface area contributed by atoms with Crippen molar-refractivity contribution in [3.63, 3.8) is 0 Å². The van der Waals surface area contributed by atoms with Crippen LogP contribution in [0.2, 0.25) is 0 Å². The van der Waals surface area contributed by atoms with Crippen LogP contribution in [0.15, 0.2) is 58.3 Å². The number of carboxylic acid groups (broad SMARTS) is 1. The van der Waals surface area contributed by atoms with E-state index < -0.39 is 23.3 Å². The van der Waals surface area contributed by atoms with E-state index in [1.54, 1.807) is 24.3 Å². The molecule has 2 aromatic heterocycles. The maximum absolute atomic E-state index is 13.6. The van der Waals surface area contributed by atoms with Gasteiger partial charge >= 0.3 is 11.7 Å². The lowest BCUT2D eigenvalue weighted by molar-refractivity contribution is -0.141. The van der Waals surface area contributed by atoms with E-state index in [0.29, 0.717) is 23.7 Å². The molecule has 1 aliphatic carbocycles. The highest BCUT2D eigenvalue weighted by Gasteiger charge is 2.40. The number of rotatable bonds is 5. The SMILES string of the molecule is Cc1cccc2c1c(Cn1c(=O)n([C@@H](C(=O)O)C3CC3)c(=O)c3ccccc31)cn2C. The lowest BCUT2D eigenvalue weighted by atomic mass is 10.1. The first-order chi connectivity index (χ1) is 14.9. The molecule has 0 unspecified atom stereocenters. The lowest BCUT2D eigenvalue weighted by Crippen LogP contribution is -2.45. The van der Waals surface area contributed by atoms with Gasteiger partial charge in [0.15, 0.2) is 0 Å². The van der Waals surface area contributed by atoms with E-state index in [9.17, 15) is 19.5 Å². The first kappa shape index (κ1) is 19.4. The summed E-state index contributed by atoms with van der Waals surface area (Å²) in [7, 11) is 1.96. The highest BCUT2D eigenvalue weighted by molar-refractivity contribution is 5.87. The topological polar surface area (TPSA) is 86.2 Å². The number of para-hydroxylation sites is 1. The van der Waals surface area contributed by atoms with Crippen LogP contribution in [0.3, 0.4) is 0 Å². The van der Waals surface area contributed by atoms with Crippen molar-refractivity contribution in [2.75, 3.05) is 0 Å². The van der Waals surface area contributed by atoms with Crippen molar-refractivity contribution in [3.8, 4) is 0 Å². The van der Waals surface area contributed by atoms with Crippen LogP contribution in [0.5, 0.6) is 0 Å². The van der Waals surface area contributed by atoms with Gasteiger partial charge in [-0.15, -0.1) is 0 Å². The van der Waals surface area contributed by atoms with Crippen LogP contribution in [0.1, 0.15) is 30.0 Å². The molecule has 5 rings (SSSR count). The first-order valence-electron chi connectivity index (χ1n) is 10.4. The highest BCUT2D eigenvalue weighted by atomic mass is 16.4. The van der Waals surface area contributed by atoms with Crippen molar-refractivity contribution in [3.05, 3.63) is 80.6 Å². The standard InChI is InChI=1S/C24H23N3O4/c1-14-6-5-9-19-20(14)16(12-25(19)2)13-26-18-8-4-3-7-17(18)22(28)27(24(26)31)21(23(29)30)15-10-11-15/h3-9,12,15,21H,10-11,13H2,1-2H3,(H,29,30)/t21-/m1/s1. The quantitative estimate of drug-likeness (QED) is 0.541. The summed E-state index contributed by atoms with van der Waals surface area (Å²) in [6.45, 7) is 2.28. The minimum Gasteiger partial charge on any atom is -0.480 e. The molecule has 0 bridgehead atoms. The van der Waals surface area contributed by atoms with Crippen LogP contribution in [-0.4, -0.2) is 24.8 Å². The largest absolute Gasteiger partial charge is 0.480 e. The van der Waals surface area contributed by atoms with Gasteiger partial charge < -0.3 is 9.67 Å². The predicted octanol–water partition coefficient (Wildman–Crippen LogP) is 3.05. The minimum atomic E-state index is -1.13. The molecule has 7 nitrogen and oxygen atoms in total. The molecule has 1 saturated carbocycles. The number of aryl methyl sites for hydroxylation is 2. The third-order valence-electron chi connectivity index (χ3n) is 6.31. The van der Waals surface area contributed by atoms with Crippen LogP contribution in [-0.2, 0) is 18.4 Å². The average molecular weight is 417 g/mol. The lowest BCUT2D eigenvalue weighted by Gasteiger charge is -2.18. The predicted molar refractivity (Wildman–Crippen MR) is 119 cm³/mol. The van der Waals surface area contributed by atoms with E-state index in [4.69, 9.17) is 0 Å². The molecule has 0 saturated heterocycles. The van der Waals surface area contributed by atoms with Crippen molar-refractivity contribution in [2.45, 2.75) is 32.4 Å². The molecule has 1 atom stereocenters. The van der Waals surface area contributed by atoms with Gasteiger partial charge in [0.05, 0.1) is 17.4 Å². The fourth-order valence-corrected chi connectivity index (χ4v) is 4.69. The number of benzene rings is 2. The Morgan fingerprint density at radius 3 is 2.52 bits per heavy atom. The third-order valence-corrected chi connectivity index (χ3v) is 6.31. The summed E-state index contributed by atoms with van der Waals surface area (Å²) in [5.41, 5.74) is 2.51. The molecule has 0 aliphatic heterocycles. The molecular weight excluding hydrogens is 394 g/mol. The van der Waals surface area contributed by atoms with Crippen molar-refractivity contribution in [1.82, 2.24) is 13.7 Å². The summed E-state index contributed by atoms with van der Waals surface area (Å²) < 4.78 is 4.52. The average Bonchev–Trinajstić information content (AvgIpc) is 3.52. The number of carbonyl (C=O) groups is 1. The maximum Gasteiger partial charge on any atom is 0.332 e. The molecule has 1 aliphatic rings. The molecule has 2 heterocycles. The van der Waals surface area contributed by atoms with E-state index in [0.717, 1.165) is 26.6 Å². The van der Waals surface area contributed by atoms with Crippen LogP contribution in [0.25, 0.3) is 21.8 Å². The molecule has 158 valence electrons. The Balaban J connectivity index is 1.79. The number of carboxylic acids is 1. The normalized spacial score (nSPS) is 14.9. The Bertz CT molecular complexity index is 1470. The third kappa shape index (κ3) is 3.00. The van der Waals surface area contributed by atoms with Crippen LogP contribution in [0.4, 0.5) is 0 Å². The van der Waals surface area contributed by atoms with Gasteiger partial charge in [0.1, 0.15) is 6.04 Å². The summed E-state index contributed by atoms with van der Waals surface area (Å²) >= 11 is 0. The highest BCUT2D eigenvalue weighted by Crippen LogP contribution is 2.39. The summed E-state index contributed by atoms with van der Waals surface area (Å²) in [6, 6.07) is 11.8. The zero-order valence-corrected chi connectivity index (χ0v) is 17.4. The van der Waals surface area contributed by atoms with Crippen molar-refractivity contribution in [2.24, 2.45) is 13.0 Å². The first-order valence-corrected chi connectivity index (χ1v) is 10.4. The molecule has 2 aromatic carbocycles. The molecule has 7 heteroatoms. The van der Waals surface area contributed by atoms with Crippen molar-refractivity contribution in [1.29, 1.82) is 0 Å². The number of hydrogen-bond donors (Lipinski definition) is 1. The zero-order chi connectivity index (χ0) is 21.9. The van der Waals surface area contributed by atoms with E-state index in [1.807, 2.05) is 42.9 Å². The monoisotopic (exact) mass is 417 g/mol. The van der Waals surface area contributed by atoms with Gasteiger partial charge in [-0.05, 0) is 55.0 Å². The fraction of sp³-hybridized carbons (Fsp3) is 0.292. The molecular formula is C24H23N3O4. The van der Waals surface area contributed by atoms with E-state index >= 15 is 0 Å². The molecule has 31 heavy (non-hydrogen) atoms. The Kier molecular flexibility index (Phi) is 4.36. The van der Waals surface area contributed by atoms with Gasteiger partial charge in [0, 0.05) is 24.1 Å². The maximum atomic E-state index is 13.6. The molecule has 0 radical (unpaired) electrons. The van der Waals surface area contributed by atoms with Crippen LogP contribution < -0.4 is 11.2 Å². The second-order valence-corrected chi connectivity index (χ2v) is 8.42. The number of nitrogens with zero attached hydrogens (tertiary/aromatic N) is 3. The summed E-state index contributed by atoms with van der Waals surface area (Å²) in [5.74, 6) is -1.32. The number of aliphatic carboxylic acids is 1. The number of aromatic nitrogens is 3. The number of hydrogen-bond acceptors (Lipinski definition) is 3. The van der Waals surface area contributed by atoms with E-state index in [1.165, 1.54) is 4.57 Å². The summed E-state index contributed by atoms with van der Waals surface area (Å²) in [5, 5.41) is 11.2. The van der Waals surface area contributed by atoms with E-state index in [-0.39, 0.29) is 12.5 Å². The molecule has 1 fully saturated rings. The van der Waals surface area contributed by atoms with Gasteiger partial charge in [-0.3, -0.25) is 9.36 Å². The summed E-state index contributed by atoms with van der Waals surface area (Å²) in [4.78, 5) is 38.8. The van der Waals surface area contributed by atoms with Gasteiger partial charge in [0.2, 0.25) is 0 Å². The number of fused-ring (bicyclic) bond motifs is 2. The molecule has 0 spiro atoms. The van der Waals surface area contributed by atoms with E-state index in [2.05, 4.69) is 0 Å². The Hall–Kier alpha value is -3.61. The summed E-state index contributed by atoms with van der Waals surface area (Å²) in [6.07, 6.45) is 3.40. The van der Waals surface area contributed by atoms with Crippen LogP contribution >= 0.6 is 0 Å². The van der Waals surface area contributed by atoms with Crippen LogP contribution in [0, 0.1) is 12.8 Å². The molecule has 1 N–H and O–H groups in total. The Labute approximate surface area is 177 Å². The second-order valence-electron chi connectivity index (χ2n) is 8.42. The Morgan fingerprint density at radius 1 is 1.10 bits per heavy atom. The fourth-order valence-electron chi connectivity index (χ4n) is 4.69. The minimum absolute atomic E-state index is 0.183. The van der Waals surface area contributed by atoms with Gasteiger partial charge in [-0.25, -0.2) is 14.2 Å². The molecule has 4 aromatic rings. The zero-order valence-electron chi connectivity index (χ0n) is 17.4.